The molecular formula is C27H25N3O5S. The van der Waals surface area contributed by atoms with Crippen molar-refractivity contribution < 1.29 is 18.7 Å². The fraction of sp³-hybridized carbons (Fsp3) is 0.222. The van der Waals surface area contributed by atoms with E-state index in [1.807, 2.05) is 34.5 Å². The van der Waals surface area contributed by atoms with Gasteiger partial charge in [-0.1, -0.05) is 36.4 Å². The summed E-state index contributed by atoms with van der Waals surface area (Å²) in [5.74, 6) is -0.0831. The zero-order chi connectivity index (χ0) is 25.2. The number of fused-ring (bicyclic) bond motifs is 1. The van der Waals surface area contributed by atoms with Crippen LogP contribution in [-0.2, 0) is 16.1 Å². The highest BCUT2D eigenvalue weighted by atomic mass is 32.1. The van der Waals surface area contributed by atoms with Crippen molar-refractivity contribution >= 4 is 39.1 Å². The molecule has 2 aromatic heterocycles. The number of carbonyl (C=O) groups is 1. The predicted molar refractivity (Wildman–Crippen MR) is 140 cm³/mol. The number of morpholine rings is 1. The molecule has 8 nitrogen and oxygen atoms in total. The Bertz CT molecular complexity index is 1520. The molecule has 1 aliphatic heterocycles. The molecular weight excluding hydrogens is 478 g/mol. The van der Waals surface area contributed by atoms with Gasteiger partial charge in [0, 0.05) is 48.3 Å². The van der Waals surface area contributed by atoms with E-state index in [4.69, 9.17) is 25.0 Å². The topological polar surface area (TPSA) is 119 Å². The number of anilines is 1. The van der Waals surface area contributed by atoms with Crippen LogP contribution in [0.15, 0.2) is 63.1 Å². The second-order valence-corrected chi connectivity index (χ2v) is 9.33. The average molecular weight is 504 g/mol. The van der Waals surface area contributed by atoms with Gasteiger partial charge in [-0.3, -0.25) is 15.0 Å². The van der Waals surface area contributed by atoms with Crippen molar-refractivity contribution in [1.29, 1.82) is 5.41 Å². The van der Waals surface area contributed by atoms with Gasteiger partial charge in [0.25, 0.3) is 0 Å². The molecule has 4 aromatic rings. The summed E-state index contributed by atoms with van der Waals surface area (Å²) in [5.41, 5.74) is 9.81. The van der Waals surface area contributed by atoms with Crippen molar-refractivity contribution in [1.82, 2.24) is 0 Å². The van der Waals surface area contributed by atoms with Crippen LogP contribution in [0.2, 0.25) is 0 Å². The average Bonchev–Trinajstić information content (AvgIpc) is 3.33. The van der Waals surface area contributed by atoms with Crippen LogP contribution in [0, 0.1) is 5.41 Å². The molecule has 0 spiro atoms. The van der Waals surface area contributed by atoms with E-state index >= 15 is 0 Å². The molecule has 0 bridgehead atoms. The molecule has 5 rings (SSSR count). The van der Waals surface area contributed by atoms with Gasteiger partial charge in [-0.05, 0) is 17.2 Å². The molecule has 1 aliphatic rings. The molecule has 9 heteroatoms. The van der Waals surface area contributed by atoms with Gasteiger partial charge >= 0.3 is 0 Å². The lowest BCUT2D eigenvalue weighted by Gasteiger charge is -2.27. The number of methoxy groups -OCH3 is 1. The summed E-state index contributed by atoms with van der Waals surface area (Å²) < 4.78 is 17.4. The van der Waals surface area contributed by atoms with Crippen molar-refractivity contribution in [2.24, 2.45) is 5.73 Å². The number of ether oxygens (including phenoxy) is 2. The minimum atomic E-state index is -0.611. The molecule has 1 amide bonds. The number of primary amides is 1. The molecule has 0 aliphatic carbocycles. The molecule has 0 unspecified atom stereocenters. The van der Waals surface area contributed by atoms with E-state index in [2.05, 4.69) is 0 Å². The van der Waals surface area contributed by atoms with Crippen LogP contribution in [0.5, 0.6) is 0 Å². The van der Waals surface area contributed by atoms with Gasteiger partial charge in [0.15, 0.2) is 11.5 Å². The number of hydrogen-bond donors (Lipinski definition) is 2. The summed E-state index contributed by atoms with van der Waals surface area (Å²) in [5, 5.41) is 10.8. The van der Waals surface area contributed by atoms with Crippen LogP contribution in [-0.4, -0.2) is 45.0 Å². The number of rotatable bonds is 7. The molecule has 1 saturated heterocycles. The lowest BCUT2D eigenvalue weighted by Crippen LogP contribution is -2.36. The number of nitrogens with zero attached hydrogens (tertiary/aromatic N) is 1. The summed E-state index contributed by atoms with van der Waals surface area (Å²) in [6.07, 6.45) is 0. The molecule has 0 radical (unpaired) electrons. The van der Waals surface area contributed by atoms with Gasteiger partial charge < -0.3 is 24.5 Å². The first kappa shape index (κ1) is 23.9. The number of nitrogens with two attached hydrogens (primary N) is 1. The number of carbonyl (C=O) groups excluding carboxylic acids is 1. The van der Waals surface area contributed by atoms with Crippen LogP contribution in [0.4, 0.5) is 5.88 Å². The highest BCUT2D eigenvalue weighted by molar-refractivity contribution is 7.17. The summed E-state index contributed by atoms with van der Waals surface area (Å²) in [4.78, 5) is 27.1. The highest BCUT2D eigenvalue weighted by Crippen LogP contribution is 2.35. The lowest BCUT2D eigenvalue weighted by molar-refractivity contribution is 0.0995. The molecule has 3 N–H and O–H groups in total. The second kappa shape index (κ2) is 10.1. The molecule has 184 valence electrons. The molecule has 0 atom stereocenters. The van der Waals surface area contributed by atoms with Crippen LogP contribution < -0.4 is 16.1 Å². The van der Waals surface area contributed by atoms with Crippen LogP contribution in [0.3, 0.4) is 0 Å². The van der Waals surface area contributed by atoms with Crippen molar-refractivity contribution in [3.05, 3.63) is 86.4 Å². The molecule has 1 fully saturated rings. The maximum Gasteiger partial charge on any atom is 0.249 e. The summed E-state index contributed by atoms with van der Waals surface area (Å²) in [7, 11) is 1.54. The molecule has 2 aromatic carbocycles. The number of benzene rings is 2. The lowest BCUT2D eigenvalue weighted by atomic mass is 9.92. The van der Waals surface area contributed by atoms with E-state index in [1.54, 1.807) is 31.4 Å². The first-order valence-electron chi connectivity index (χ1n) is 11.5. The standard InChI is InChI=1S/C27H25N3O5S/c1-33-14-18-6-3-7-19(23(18)27(29)32)24(28)17-5-2-4-16(12-17)20-15-36-26-21(31)13-22(35-25(20)26)30-8-10-34-11-9-30/h2-7,12-13,15,28H,8-11,14H2,1H3,(H2,29,32). The van der Waals surface area contributed by atoms with Crippen molar-refractivity contribution in [2.45, 2.75) is 6.61 Å². The van der Waals surface area contributed by atoms with Crippen LogP contribution in [0.1, 0.15) is 27.0 Å². The Hall–Kier alpha value is -3.79. The zero-order valence-corrected chi connectivity index (χ0v) is 20.5. The van der Waals surface area contributed by atoms with Crippen molar-refractivity contribution in [2.75, 3.05) is 38.3 Å². The number of thiophene rings is 1. The van der Waals surface area contributed by atoms with E-state index < -0.39 is 5.91 Å². The van der Waals surface area contributed by atoms with Gasteiger partial charge in [0.05, 0.1) is 31.1 Å². The third-order valence-electron chi connectivity index (χ3n) is 6.18. The number of amides is 1. The third-order valence-corrected chi connectivity index (χ3v) is 7.16. The van der Waals surface area contributed by atoms with E-state index in [-0.39, 0.29) is 23.3 Å². The van der Waals surface area contributed by atoms with Crippen molar-refractivity contribution in [3.8, 4) is 11.1 Å². The largest absolute Gasteiger partial charge is 0.439 e. The Balaban J connectivity index is 1.56. The van der Waals surface area contributed by atoms with Crippen LogP contribution >= 0.6 is 11.3 Å². The van der Waals surface area contributed by atoms with Crippen LogP contribution in [0.25, 0.3) is 21.4 Å². The normalized spacial score (nSPS) is 13.8. The monoisotopic (exact) mass is 503 g/mol. The number of nitrogens with one attached hydrogen (secondary N) is 1. The van der Waals surface area contributed by atoms with Gasteiger partial charge in [-0.15, -0.1) is 11.3 Å². The Morgan fingerprint density at radius 2 is 1.94 bits per heavy atom. The van der Waals surface area contributed by atoms with E-state index in [0.717, 1.165) is 11.1 Å². The quantitative estimate of drug-likeness (QED) is 0.368. The number of hydrogen-bond acceptors (Lipinski definition) is 8. The summed E-state index contributed by atoms with van der Waals surface area (Å²) >= 11 is 1.34. The zero-order valence-electron chi connectivity index (χ0n) is 19.7. The first-order chi connectivity index (χ1) is 17.5. The van der Waals surface area contributed by atoms with E-state index in [1.165, 1.54) is 11.3 Å². The second-order valence-electron chi connectivity index (χ2n) is 8.45. The van der Waals surface area contributed by atoms with Gasteiger partial charge in [-0.2, -0.15) is 0 Å². The maximum atomic E-state index is 12.8. The Morgan fingerprint density at radius 3 is 2.69 bits per heavy atom. The Morgan fingerprint density at radius 1 is 1.17 bits per heavy atom. The minimum absolute atomic E-state index is 0.0843. The highest BCUT2D eigenvalue weighted by Gasteiger charge is 2.21. The molecule has 3 heterocycles. The van der Waals surface area contributed by atoms with E-state index in [0.29, 0.717) is 59.2 Å². The SMILES string of the molecule is COCc1cccc(C(=N)c2cccc(-c3csc4c(=O)cc(N5CCOCC5)oc34)c2)c1C(N)=O. The molecule has 36 heavy (non-hydrogen) atoms. The maximum absolute atomic E-state index is 12.8. The first-order valence-corrected chi connectivity index (χ1v) is 12.3. The Kier molecular flexibility index (Phi) is 6.69. The third kappa shape index (κ3) is 4.44. The fourth-order valence-corrected chi connectivity index (χ4v) is 5.35. The smallest absolute Gasteiger partial charge is 0.249 e. The van der Waals surface area contributed by atoms with Gasteiger partial charge in [0.1, 0.15) is 4.70 Å². The fourth-order valence-electron chi connectivity index (χ4n) is 4.44. The van der Waals surface area contributed by atoms with E-state index in [9.17, 15) is 9.59 Å². The predicted octanol–water partition coefficient (Wildman–Crippen LogP) is 4.02. The Labute approximate surface area is 211 Å². The van der Waals surface area contributed by atoms with Gasteiger partial charge in [-0.25, -0.2) is 0 Å². The van der Waals surface area contributed by atoms with Gasteiger partial charge in [0.2, 0.25) is 11.3 Å². The molecule has 0 saturated carbocycles. The van der Waals surface area contributed by atoms with Crippen molar-refractivity contribution in [3.63, 3.8) is 0 Å². The summed E-state index contributed by atoms with van der Waals surface area (Å²) in [6, 6.07) is 14.2. The minimum Gasteiger partial charge on any atom is -0.439 e. The summed E-state index contributed by atoms with van der Waals surface area (Å²) in [6.45, 7) is 2.70.